The van der Waals surface area contributed by atoms with Crippen molar-refractivity contribution in [3.8, 4) is 5.75 Å². The molecule has 0 N–H and O–H groups in total. The smallest absolute Gasteiger partial charge is 0.122 e. The van der Waals surface area contributed by atoms with Crippen LogP contribution >= 0.6 is 11.6 Å². The Labute approximate surface area is 108 Å². The van der Waals surface area contributed by atoms with E-state index >= 15 is 0 Å². The molecule has 2 nitrogen and oxygen atoms in total. The van der Waals surface area contributed by atoms with Crippen LogP contribution in [0.1, 0.15) is 18.4 Å². The van der Waals surface area contributed by atoms with E-state index in [-0.39, 0.29) is 5.41 Å². The van der Waals surface area contributed by atoms with Crippen LogP contribution in [0.2, 0.25) is 0 Å². The molecule has 0 radical (unpaired) electrons. The molecule has 17 heavy (non-hydrogen) atoms. The second-order valence-corrected chi connectivity index (χ2v) is 5.00. The lowest BCUT2D eigenvalue weighted by molar-refractivity contribution is 0.0255. The molecule has 1 aromatic carbocycles. The number of halogens is 1. The molecule has 3 heteroatoms. The van der Waals surface area contributed by atoms with Gasteiger partial charge in [-0.15, -0.1) is 11.6 Å². The molecule has 0 unspecified atom stereocenters. The number of hydrogen-bond acceptors (Lipinski definition) is 2. The highest BCUT2D eigenvalue weighted by atomic mass is 35.5. The molecule has 1 aromatic rings. The molecule has 1 aliphatic rings. The van der Waals surface area contributed by atoms with Crippen molar-refractivity contribution in [1.29, 1.82) is 0 Å². The molecular formula is C14H19ClO2. The fourth-order valence-corrected chi connectivity index (χ4v) is 2.78. The average molecular weight is 255 g/mol. The number of hydrogen-bond donors (Lipinski definition) is 0. The molecule has 0 bridgehead atoms. The van der Waals surface area contributed by atoms with E-state index in [0.717, 1.165) is 38.2 Å². The molecule has 0 aliphatic carbocycles. The summed E-state index contributed by atoms with van der Waals surface area (Å²) in [6, 6.07) is 8.19. The monoisotopic (exact) mass is 254 g/mol. The Balaban J connectivity index is 2.17. The molecule has 94 valence electrons. The highest BCUT2D eigenvalue weighted by Crippen LogP contribution is 2.37. The molecule has 0 spiro atoms. The predicted molar refractivity (Wildman–Crippen MR) is 69.9 cm³/mol. The van der Waals surface area contributed by atoms with E-state index in [4.69, 9.17) is 21.1 Å². The van der Waals surface area contributed by atoms with Gasteiger partial charge in [-0.2, -0.15) is 0 Å². The van der Waals surface area contributed by atoms with E-state index in [1.807, 2.05) is 12.1 Å². The van der Waals surface area contributed by atoms with Crippen molar-refractivity contribution in [2.24, 2.45) is 5.41 Å². The van der Waals surface area contributed by atoms with Gasteiger partial charge in [-0.05, 0) is 36.3 Å². The highest BCUT2D eigenvalue weighted by Gasteiger charge is 2.32. The topological polar surface area (TPSA) is 18.5 Å². The number of para-hydroxylation sites is 1. The Kier molecular flexibility index (Phi) is 4.30. The van der Waals surface area contributed by atoms with Crippen LogP contribution in [-0.4, -0.2) is 26.2 Å². The second kappa shape index (κ2) is 5.74. The maximum absolute atomic E-state index is 6.19. The molecule has 0 atom stereocenters. The van der Waals surface area contributed by atoms with E-state index in [1.54, 1.807) is 7.11 Å². The Morgan fingerprint density at radius 3 is 2.65 bits per heavy atom. The SMILES string of the molecule is COc1ccccc1CC1(CCl)CCOCC1. The van der Waals surface area contributed by atoms with Crippen LogP contribution in [-0.2, 0) is 11.2 Å². The van der Waals surface area contributed by atoms with Crippen molar-refractivity contribution in [1.82, 2.24) is 0 Å². The summed E-state index contributed by atoms with van der Waals surface area (Å²) < 4.78 is 10.8. The maximum Gasteiger partial charge on any atom is 0.122 e. The van der Waals surface area contributed by atoms with Crippen molar-refractivity contribution in [2.75, 3.05) is 26.2 Å². The lowest BCUT2D eigenvalue weighted by Gasteiger charge is -2.35. The van der Waals surface area contributed by atoms with Crippen LogP contribution < -0.4 is 4.74 Å². The largest absolute Gasteiger partial charge is 0.496 e. The Morgan fingerprint density at radius 1 is 1.29 bits per heavy atom. The van der Waals surface area contributed by atoms with Crippen LogP contribution in [0.3, 0.4) is 0 Å². The molecule has 0 saturated carbocycles. The van der Waals surface area contributed by atoms with Crippen LogP contribution in [0.25, 0.3) is 0 Å². The average Bonchev–Trinajstić information content (AvgIpc) is 2.40. The minimum Gasteiger partial charge on any atom is -0.496 e. The molecule has 1 aliphatic heterocycles. The summed E-state index contributed by atoms with van der Waals surface area (Å²) in [5.74, 6) is 1.65. The zero-order valence-corrected chi connectivity index (χ0v) is 11.0. The van der Waals surface area contributed by atoms with Crippen LogP contribution in [0.15, 0.2) is 24.3 Å². The van der Waals surface area contributed by atoms with Crippen molar-refractivity contribution in [3.63, 3.8) is 0 Å². The van der Waals surface area contributed by atoms with E-state index < -0.39 is 0 Å². The Hall–Kier alpha value is -0.730. The van der Waals surface area contributed by atoms with E-state index in [1.165, 1.54) is 5.56 Å². The predicted octanol–water partition coefficient (Wildman–Crippen LogP) is 3.27. The number of alkyl halides is 1. The number of benzene rings is 1. The van der Waals surface area contributed by atoms with Gasteiger partial charge in [0, 0.05) is 19.1 Å². The first-order chi connectivity index (χ1) is 8.29. The maximum atomic E-state index is 6.19. The molecule has 0 amide bonds. The highest BCUT2D eigenvalue weighted by molar-refractivity contribution is 6.18. The first-order valence-corrected chi connectivity index (χ1v) is 6.59. The van der Waals surface area contributed by atoms with Crippen molar-refractivity contribution >= 4 is 11.6 Å². The fourth-order valence-electron chi connectivity index (χ4n) is 2.42. The van der Waals surface area contributed by atoms with E-state index in [2.05, 4.69) is 12.1 Å². The quantitative estimate of drug-likeness (QED) is 0.768. The van der Waals surface area contributed by atoms with E-state index in [0.29, 0.717) is 5.88 Å². The van der Waals surface area contributed by atoms with Gasteiger partial charge in [-0.3, -0.25) is 0 Å². The van der Waals surface area contributed by atoms with Crippen molar-refractivity contribution < 1.29 is 9.47 Å². The fraction of sp³-hybridized carbons (Fsp3) is 0.571. The zero-order valence-electron chi connectivity index (χ0n) is 10.2. The van der Waals surface area contributed by atoms with Crippen molar-refractivity contribution in [2.45, 2.75) is 19.3 Å². The minimum atomic E-state index is 0.175. The lowest BCUT2D eigenvalue weighted by atomic mass is 9.77. The number of ether oxygens (including phenoxy) is 2. The third kappa shape index (κ3) is 2.93. The zero-order chi connectivity index (χ0) is 12.1. The molecular weight excluding hydrogens is 236 g/mol. The molecule has 0 aromatic heterocycles. The molecule has 1 heterocycles. The summed E-state index contributed by atoms with van der Waals surface area (Å²) in [6.45, 7) is 1.64. The van der Waals surface area contributed by atoms with Gasteiger partial charge in [-0.25, -0.2) is 0 Å². The van der Waals surface area contributed by atoms with E-state index in [9.17, 15) is 0 Å². The van der Waals surface area contributed by atoms with Crippen LogP contribution in [0, 0.1) is 5.41 Å². The normalized spacial score (nSPS) is 18.9. The Bertz CT molecular complexity index is 359. The van der Waals surface area contributed by atoms with Crippen LogP contribution in [0.4, 0.5) is 0 Å². The van der Waals surface area contributed by atoms with Gasteiger partial charge in [0.1, 0.15) is 5.75 Å². The van der Waals surface area contributed by atoms with Crippen molar-refractivity contribution in [3.05, 3.63) is 29.8 Å². The van der Waals surface area contributed by atoms with Gasteiger partial charge < -0.3 is 9.47 Å². The summed E-state index contributed by atoms with van der Waals surface area (Å²) in [5, 5.41) is 0. The summed E-state index contributed by atoms with van der Waals surface area (Å²) in [7, 11) is 1.72. The van der Waals surface area contributed by atoms with Gasteiger partial charge >= 0.3 is 0 Å². The summed E-state index contributed by atoms with van der Waals surface area (Å²) in [4.78, 5) is 0. The third-order valence-corrected chi connectivity index (χ3v) is 4.16. The molecule has 1 saturated heterocycles. The van der Waals surface area contributed by atoms with Crippen LogP contribution in [0.5, 0.6) is 5.75 Å². The standard InChI is InChI=1S/C14H19ClO2/c1-16-13-5-3-2-4-12(13)10-14(11-15)6-8-17-9-7-14/h2-5H,6-11H2,1H3. The summed E-state index contributed by atoms with van der Waals surface area (Å²) >= 11 is 6.19. The first-order valence-electron chi connectivity index (χ1n) is 6.05. The van der Waals surface area contributed by atoms with Gasteiger partial charge in [0.25, 0.3) is 0 Å². The van der Waals surface area contributed by atoms with Gasteiger partial charge in [0.2, 0.25) is 0 Å². The second-order valence-electron chi connectivity index (χ2n) is 4.73. The number of rotatable bonds is 4. The summed E-state index contributed by atoms with van der Waals surface area (Å²) in [5.41, 5.74) is 1.42. The van der Waals surface area contributed by atoms with Gasteiger partial charge in [0.05, 0.1) is 7.11 Å². The minimum absolute atomic E-state index is 0.175. The Morgan fingerprint density at radius 2 is 2.00 bits per heavy atom. The molecule has 2 rings (SSSR count). The molecule has 1 fully saturated rings. The van der Waals surface area contributed by atoms with Gasteiger partial charge in [0.15, 0.2) is 0 Å². The summed E-state index contributed by atoms with van der Waals surface area (Å²) in [6.07, 6.45) is 3.05. The number of methoxy groups -OCH3 is 1. The van der Waals surface area contributed by atoms with Gasteiger partial charge in [-0.1, -0.05) is 18.2 Å². The first kappa shape index (κ1) is 12.7. The lowest BCUT2D eigenvalue weighted by Crippen LogP contribution is -2.33. The third-order valence-electron chi connectivity index (χ3n) is 3.59.